The molecule has 0 saturated carbocycles. The number of piperazine rings is 1. The van der Waals surface area contributed by atoms with E-state index in [0.29, 0.717) is 44.3 Å². The fraction of sp³-hybridized carbons (Fsp3) is 0.370. The molecule has 2 aromatic carbocycles. The number of nitrogens with zero attached hydrogens (tertiary/aromatic N) is 4. The van der Waals surface area contributed by atoms with E-state index in [2.05, 4.69) is 41.2 Å². The molecule has 1 amide bonds. The highest BCUT2D eigenvalue weighted by Crippen LogP contribution is 2.21. The zero-order chi connectivity index (χ0) is 23.9. The van der Waals surface area contributed by atoms with Crippen molar-refractivity contribution in [3.05, 3.63) is 71.4 Å². The molecule has 7 heteroatoms. The summed E-state index contributed by atoms with van der Waals surface area (Å²) in [6.07, 6.45) is 2.12. The highest BCUT2D eigenvalue weighted by Gasteiger charge is 2.24. The van der Waals surface area contributed by atoms with E-state index in [4.69, 9.17) is 9.72 Å². The van der Waals surface area contributed by atoms with Gasteiger partial charge in [-0.25, -0.2) is 4.98 Å². The van der Waals surface area contributed by atoms with Crippen molar-refractivity contribution in [2.45, 2.75) is 33.6 Å². The number of unbranched alkanes of at least 4 members (excludes halogenated alkanes) is 1. The Morgan fingerprint density at radius 1 is 0.971 bits per heavy atom. The number of benzene rings is 2. The Bertz CT molecular complexity index is 1090. The van der Waals surface area contributed by atoms with Gasteiger partial charge in [-0.3, -0.25) is 4.79 Å². The van der Waals surface area contributed by atoms with Crippen LogP contribution in [0.4, 0.5) is 17.5 Å². The van der Waals surface area contributed by atoms with Crippen molar-refractivity contribution in [2.75, 3.05) is 43.0 Å². The highest BCUT2D eigenvalue weighted by molar-refractivity contribution is 5.94. The maximum absolute atomic E-state index is 13.0. The first-order valence-corrected chi connectivity index (χ1v) is 12.0. The number of hydrogen-bond donors (Lipinski definition) is 1. The summed E-state index contributed by atoms with van der Waals surface area (Å²) in [5.74, 6) is 2.31. The molecule has 34 heavy (non-hydrogen) atoms. The molecule has 2 heterocycles. The molecule has 1 N–H and O–H groups in total. The van der Waals surface area contributed by atoms with Crippen LogP contribution in [0.25, 0.3) is 0 Å². The fourth-order valence-corrected chi connectivity index (χ4v) is 3.86. The number of ether oxygens (including phenoxy) is 1. The van der Waals surface area contributed by atoms with Gasteiger partial charge in [0, 0.05) is 49.2 Å². The van der Waals surface area contributed by atoms with Gasteiger partial charge in [-0.05, 0) is 56.7 Å². The van der Waals surface area contributed by atoms with Gasteiger partial charge in [-0.15, -0.1) is 0 Å². The molecule has 0 atom stereocenters. The van der Waals surface area contributed by atoms with Gasteiger partial charge in [0.25, 0.3) is 5.91 Å². The van der Waals surface area contributed by atoms with Crippen LogP contribution in [0.3, 0.4) is 0 Å². The van der Waals surface area contributed by atoms with Crippen LogP contribution in [-0.2, 0) is 0 Å². The lowest BCUT2D eigenvalue weighted by molar-refractivity contribution is 0.0746. The van der Waals surface area contributed by atoms with Gasteiger partial charge in [0.05, 0.1) is 6.61 Å². The molecule has 7 nitrogen and oxygen atoms in total. The molecular weight excluding hydrogens is 426 g/mol. The monoisotopic (exact) mass is 459 g/mol. The van der Waals surface area contributed by atoms with Crippen LogP contribution in [0.5, 0.6) is 5.75 Å². The molecule has 3 aromatic rings. The molecule has 1 fully saturated rings. The van der Waals surface area contributed by atoms with Crippen molar-refractivity contribution in [2.24, 2.45) is 0 Å². The summed E-state index contributed by atoms with van der Waals surface area (Å²) < 4.78 is 5.70. The quantitative estimate of drug-likeness (QED) is 0.479. The third-order valence-corrected chi connectivity index (χ3v) is 5.88. The van der Waals surface area contributed by atoms with E-state index in [1.54, 1.807) is 0 Å². The zero-order valence-corrected chi connectivity index (χ0v) is 20.3. The number of carbonyl (C=O) groups is 1. The summed E-state index contributed by atoms with van der Waals surface area (Å²) in [4.78, 5) is 26.4. The second-order valence-electron chi connectivity index (χ2n) is 8.69. The Morgan fingerprint density at radius 2 is 1.68 bits per heavy atom. The molecule has 1 aliphatic rings. The maximum Gasteiger partial charge on any atom is 0.253 e. The lowest BCUT2D eigenvalue weighted by atomic mass is 10.1. The van der Waals surface area contributed by atoms with Gasteiger partial charge in [0.15, 0.2) is 0 Å². The van der Waals surface area contributed by atoms with Crippen molar-refractivity contribution in [1.82, 2.24) is 14.9 Å². The number of amides is 1. The van der Waals surface area contributed by atoms with Crippen LogP contribution >= 0.6 is 0 Å². The van der Waals surface area contributed by atoms with Gasteiger partial charge in [0.1, 0.15) is 11.6 Å². The molecule has 0 radical (unpaired) electrons. The van der Waals surface area contributed by atoms with Crippen LogP contribution in [0.15, 0.2) is 54.6 Å². The molecule has 1 aliphatic heterocycles. The summed E-state index contributed by atoms with van der Waals surface area (Å²) in [6.45, 7) is 9.53. The molecule has 1 aromatic heterocycles. The van der Waals surface area contributed by atoms with Gasteiger partial charge in [0.2, 0.25) is 5.95 Å². The minimum absolute atomic E-state index is 0.0478. The maximum atomic E-state index is 13.0. The van der Waals surface area contributed by atoms with Gasteiger partial charge in [-0.1, -0.05) is 31.0 Å². The third kappa shape index (κ3) is 6.04. The Balaban J connectivity index is 1.35. The summed E-state index contributed by atoms with van der Waals surface area (Å²) in [7, 11) is 0. The first kappa shape index (κ1) is 23.5. The van der Waals surface area contributed by atoms with Crippen molar-refractivity contribution >= 4 is 23.4 Å². The normalized spacial score (nSPS) is 13.6. The second-order valence-corrected chi connectivity index (χ2v) is 8.69. The Labute approximate surface area is 201 Å². The number of anilines is 3. The molecule has 0 unspecified atom stereocenters. The fourth-order valence-electron chi connectivity index (χ4n) is 3.86. The summed E-state index contributed by atoms with van der Waals surface area (Å²) in [6, 6.07) is 17.6. The van der Waals surface area contributed by atoms with Crippen molar-refractivity contribution in [3.8, 4) is 5.75 Å². The highest BCUT2D eigenvalue weighted by atomic mass is 16.5. The average molecular weight is 460 g/mol. The van der Waals surface area contributed by atoms with Gasteiger partial charge >= 0.3 is 0 Å². The van der Waals surface area contributed by atoms with Gasteiger partial charge in [-0.2, -0.15) is 4.98 Å². The molecular formula is C27H33N5O2. The van der Waals surface area contributed by atoms with E-state index >= 15 is 0 Å². The first-order valence-electron chi connectivity index (χ1n) is 12.0. The lowest BCUT2D eigenvalue weighted by Gasteiger charge is -2.35. The van der Waals surface area contributed by atoms with Crippen LogP contribution in [0, 0.1) is 13.8 Å². The number of nitrogens with one attached hydrogen (secondary N) is 1. The van der Waals surface area contributed by atoms with E-state index in [0.717, 1.165) is 35.8 Å². The van der Waals surface area contributed by atoms with E-state index in [1.165, 1.54) is 5.56 Å². The predicted molar refractivity (Wildman–Crippen MR) is 136 cm³/mol. The minimum Gasteiger partial charge on any atom is -0.494 e. The predicted octanol–water partition coefficient (Wildman–Crippen LogP) is 4.98. The van der Waals surface area contributed by atoms with Crippen molar-refractivity contribution in [3.63, 3.8) is 0 Å². The Hall–Kier alpha value is -3.61. The number of aromatic nitrogens is 2. The summed E-state index contributed by atoms with van der Waals surface area (Å²) in [5.41, 5.74) is 3.80. The molecule has 178 valence electrons. The van der Waals surface area contributed by atoms with E-state index in [-0.39, 0.29) is 5.91 Å². The SMILES string of the molecule is CCCCOc1ccc(C(=O)N2CCN(c3nc(C)cc(Nc4ccc(C)cc4)n3)CC2)cc1. The largest absolute Gasteiger partial charge is 0.494 e. The Kier molecular flexibility index (Phi) is 7.62. The summed E-state index contributed by atoms with van der Waals surface area (Å²) in [5, 5.41) is 3.37. The first-order chi connectivity index (χ1) is 16.5. The number of rotatable bonds is 8. The zero-order valence-electron chi connectivity index (χ0n) is 20.3. The van der Waals surface area contributed by atoms with Gasteiger partial charge < -0.3 is 19.9 Å². The molecule has 0 aliphatic carbocycles. The third-order valence-electron chi connectivity index (χ3n) is 5.88. The summed E-state index contributed by atoms with van der Waals surface area (Å²) >= 11 is 0. The number of aryl methyl sites for hydroxylation is 2. The molecule has 0 bridgehead atoms. The average Bonchev–Trinajstić information content (AvgIpc) is 2.85. The lowest BCUT2D eigenvalue weighted by Crippen LogP contribution is -2.49. The van der Waals surface area contributed by atoms with E-state index in [9.17, 15) is 4.79 Å². The van der Waals surface area contributed by atoms with E-state index < -0.39 is 0 Å². The molecule has 0 spiro atoms. The van der Waals surface area contributed by atoms with Crippen molar-refractivity contribution in [1.29, 1.82) is 0 Å². The Morgan fingerprint density at radius 3 is 2.35 bits per heavy atom. The minimum atomic E-state index is 0.0478. The second kappa shape index (κ2) is 11.0. The van der Waals surface area contributed by atoms with Crippen LogP contribution in [0.2, 0.25) is 0 Å². The van der Waals surface area contributed by atoms with Crippen LogP contribution in [-0.4, -0.2) is 53.6 Å². The van der Waals surface area contributed by atoms with E-state index in [1.807, 2.05) is 54.3 Å². The van der Waals surface area contributed by atoms with Crippen molar-refractivity contribution < 1.29 is 9.53 Å². The smallest absolute Gasteiger partial charge is 0.253 e. The molecule has 4 rings (SSSR count). The number of carbonyl (C=O) groups excluding carboxylic acids is 1. The van der Waals surface area contributed by atoms with Crippen LogP contribution in [0.1, 0.15) is 41.4 Å². The standard InChI is InChI=1S/C27H33N5O2/c1-4-5-18-34-24-12-8-22(9-13-24)26(33)31-14-16-32(17-15-31)27-28-21(3)19-25(30-27)29-23-10-6-20(2)7-11-23/h6-13,19H,4-5,14-18H2,1-3H3,(H,28,29,30). The molecule has 1 saturated heterocycles. The van der Waals surface area contributed by atoms with Crippen LogP contribution < -0.4 is 15.0 Å². The number of hydrogen-bond acceptors (Lipinski definition) is 6. The topological polar surface area (TPSA) is 70.6 Å².